The van der Waals surface area contributed by atoms with E-state index < -0.39 is 4.92 Å². The number of halogens is 3. The number of aromatic nitrogens is 1. The zero-order valence-electron chi connectivity index (χ0n) is 9.23. The Bertz CT molecular complexity index is 652. The van der Waals surface area contributed by atoms with Gasteiger partial charge in [-0.25, -0.2) is 4.98 Å². The molecule has 2 aromatic rings. The number of nitro groups is 1. The number of pyridine rings is 1. The quantitative estimate of drug-likeness (QED) is 0.580. The molecular weight excluding hydrogens is 401 g/mol. The van der Waals surface area contributed by atoms with Crippen LogP contribution in [0.2, 0.25) is 5.02 Å². The first-order valence-electron chi connectivity index (χ1n) is 4.99. The molecule has 0 fully saturated rings. The Balaban J connectivity index is 2.37. The molecule has 1 aromatic carbocycles. The summed E-state index contributed by atoms with van der Waals surface area (Å²) >= 11 is 12.3. The topological polar surface area (TPSA) is 68.1 Å². The van der Waals surface area contributed by atoms with E-state index in [4.69, 9.17) is 11.6 Å². The minimum absolute atomic E-state index is 0.111. The molecule has 0 atom stereocenters. The van der Waals surface area contributed by atoms with E-state index in [1.165, 1.54) is 12.3 Å². The van der Waals surface area contributed by atoms with Crippen LogP contribution in [0.5, 0.6) is 0 Å². The SMILES string of the molecule is O=[N+]([O-])c1cc(Br)cnc1Nc1ccc(Cl)c(Br)c1. The zero-order valence-corrected chi connectivity index (χ0v) is 13.2. The number of nitrogens with zero attached hydrogens (tertiary/aromatic N) is 2. The lowest BCUT2D eigenvalue weighted by Gasteiger charge is -2.07. The number of nitrogens with one attached hydrogen (secondary N) is 1. The second-order valence-electron chi connectivity index (χ2n) is 3.53. The lowest BCUT2D eigenvalue weighted by molar-refractivity contribution is -0.384. The van der Waals surface area contributed by atoms with Gasteiger partial charge in [-0.15, -0.1) is 0 Å². The molecule has 98 valence electrons. The van der Waals surface area contributed by atoms with Gasteiger partial charge in [0.1, 0.15) is 0 Å². The van der Waals surface area contributed by atoms with Crippen molar-refractivity contribution in [3.63, 3.8) is 0 Å². The molecule has 0 aliphatic rings. The standard InChI is InChI=1S/C11H6Br2ClN3O2/c12-6-3-10(17(18)19)11(15-5-6)16-7-1-2-9(14)8(13)4-7/h1-5H,(H,15,16). The summed E-state index contributed by atoms with van der Waals surface area (Å²) < 4.78 is 1.24. The third-order valence-electron chi connectivity index (χ3n) is 2.21. The van der Waals surface area contributed by atoms with Crippen LogP contribution in [0, 0.1) is 10.1 Å². The zero-order chi connectivity index (χ0) is 14.0. The molecule has 8 heteroatoms. The van der Waals surface area contributed by atoms with E-state index in [9.17, 15) is 10.1 Å². The van der Waals surface area contributed by atoms with E-state index in [1.807, 2.05) is 0 Å². The summed E-state index contributed by atoms with van der Waals surface area (Å²) in [6, 6.07) is 6.50. The highest BCUT2D eigenvalue weighted by atomic mass is 79.9. The summed E-state index contributed by atoms with van der Waals surface area (Å²) in [4.78, 5) is 14.5. The van der Waals surface area contributed by atoms with Gasteiger partial charge in [0.05, 0.1) is 9.95 Å². The summed E-state index contributed by atoms with van der Waals surface area (Å²) in [6.45, 7) is 0. The van der Waals surface area contributed by atoms with Crippen molar-refractivity contribution in [1.82, 2.24) is 4.98 Å². The van der Waals surface area contributed by atoms with Gasteiger partial charge >= 0.3 is 5.69 Å². The van der Waals surface area contributed by atoms with E-state index in [1.54, 1.807) is 18.2 Å². The van der Waals surface area contributed by atoms with Crippen molar-refractivity contribution in [3.8, 4) is 0 Å². The van der Waals surface area contributed by atoms with Gasteiger partial charge in [-0.3, -0.25) is 10.1 Å². The van der Waals surface area contributed by atoms with Gasteiger partial charge < -0.3 is 5.32 Å². The maximum Gasteiger partial charge on any atom is 0.312 e. The van der Waals surface area contributed by atoms with Crippen LogP contribution in [-0.2, 0) is 0 Å². The summed E-state index contributed by atoms with van der Waals surface area (Å²) in [5.41, 5.74) is 0.537. The fourth-order valence-electron chi connectivity index (χ4n) is 1.37. The third kappa shape index (κ3) is 3.43. The van der Waals surface area contributed by atoms with Crippen molar-refractivity contribution in [2.75, 3.05) is 5.32 Å². The molecule has 0 saturated carbocycles. The van der Waals surface area contributed by atoms with Crippen LogP contribution in [0.15, 0.2) is 39.4 Å². The van der Waals surface area contributed by atoms with Crippen molar-refractivity contribution in [1.29, 1.82) is 0 Å². The van der Waals surface area contributed by atoms with E-state index in [0.717, 1.165) is 0 Å². The highest BCUT2D eigenvalue weighted by Gasteiger charge is 2.16. The Kier molecular flexibility index (Phi) is 4.38. The molecule has 0 aliphatic carbocycles. The fraction of sp³-hybridized carbons (Fsp3) is 0. The van der Waals surface area contributed by atoms with Gasteiger partial charge in [0.15, 0.2) is 0 Å². The average molecular weight is 407 g/mol. The minimum atomic E-state index is -0.495. The van der Waals surface area contributed by atoms with Crippen LogP contribution >= 0.6 is 43.5 Å². The number of hydrogen-bond acceptors (Lipinski definition) is 4. The summed E-state index contributed by atoms with van der Waals surface area (Å²) in [5.74, 6) is 0.169. The Morgan fingerprint density at radius 2 is 2.05 bits per heavy atom. The van der Waals surface area contributed by atoms with E-state index in [-0.39, 0.29) is 11.5 Å². The molecule has 2 rings (SSSR count). The maximum absolute atomic E-state index is 11.0. The molecule has 0 spiro atoms. The van der Waals surface area contributed by atoms with Gasteiger partial charge in [0.2, 0.25) is 5.82 Å². The van der Waals surface area contributed by atoms with Crippen LogP contribution in [0.25, 0.3) is 0 Å². The Morgan fingerprint density at radius 3 is 2.68 bits per heavy atom. The van der Waals surface area contributed by atoms with Crippen LogP contribution in [0.4, 0.5) is 17.2 Å². The molecule has 1 aromatic heterocycles. The fourth-order valence-corrected chi connectivity index (χ4v) is 2.19. The molecule has 0 unspecified atom stereocenters. The molecule has 19 heavy (non-hydrogen) atoms. The minimum Gasteiger partial charge on any atom is -0.334 e. The first kappa shape index (κ1) is 14.2. The third-order valence-corrected chi connectivity index (χ3v) is 3.86. The summed E-state index contributed by atoms with van der Waals surface area (Å²) in [6.07, 6.45) is 1.49. The molecule has 1 heterocycles. The number of benzene rings is 1. The van der Waals surface area contributed by atoms with Crippen molar-refractivity contribution >= 4 is 60.7 Å². The highest BCUT2D eigenvalue weighted by molar-refractivity contribution is 9.10. The Morgan fingerprint density at radius 1 is 1.32 bits per heavy atom. The molecule has 0 amide bonds. The molecule has 0 aliphatic heterocycles. The molecule has 0 radical (unpaired) electrons. The van der Waals surface area contributed by atoms with Gasteiger partial charge in [-0.05, 0) is 50.1 Å². The molecule has 5 nitrogen and oxygen atoms in total. The predicted octanol–water partition coefficient (Wildman–Crippen LogP) is 4.91. The molecule has 0 saturated heterocycles. The summed E-state index contributed by atoms with van der Waals surface area (Å²) in [7, 11) is 0. The number of anilines is 2. The lowest BCUT2D eigenvalue weighted by Crippen LogP contribution is -1.99. The van der Waals surface area contributed by atoms with Crippen LogP contribution in [-0.4, -0.2) is 9.91 Å². The van der Waals surface area contributed by atoms with E-state index in [2.05, 4.69) is 42.2 Å². The Labute approximate surface area is 130 Å². The molecule has 0 bridgehead atoms. The lowest BCUT2D eigenvalue weighted by atomic mass is 10.3. The van der Waals surface area contributed by atoms with Gasteiger partial charge in [0.25, 0.3) is 0 Å². The molecule has 1 N–H and O–H groups in total. The van der Waals surface area contributed by atoms with Crippen LogP contribution in [0.3, 0.4) is 0 Å². The van der Waals surface area contributed by atoms with Crippen molar-refractivity contribution < 1.29 is 4.92 Å². The normalized spacial score (nSPS) is 10.3. The van der Waals surface area contributed by atoms with E-state index >= 15 is 0 Å². The second kappa shape index (κ2) is 5.85. The van der Waals surface area contributed by atoms with Crippen molar-refractivity contribution in [3.05, 3.63) is 54.5 Å². The van der Waals surface area contributed by atoms with E-state index in [0.29, 0.717) is 19.7 Å². The van der Waals surface area contributed by atoms with Crippen LogP contribution in [0.1, 0.15) is 0 Å². The van der Waals surface area contributed by atoms with Crippen molar-refractivity contribution in [2.24, 2.45) is 0 Å². The average Bonchev–Trinajstić information content (AvgIpc) is 2.36. The summed E-state index contributed by atoms with van der Waals surface area (Å²) in [5, 5.41) is 14.4. The smallest absolute Gasteiger partial charge is 0.312 e. The number of rotatable bonds is 3. The monoisotopic (exact) mass is 405 g/mol. The Hall–Kier alpha value is -1.18. The van der Waals surface area contributed by atoms with Gasteiger partial charge in [0, 0.05) is 26.9 Å². The van der Waals surface area contributed by atoms with Gasteiger partial charge in [-0.1, -0.05) is 11.6 Å². The predicted molar refractivity (Wildman–Crippen MR) is 81.0 cm³/mol. The maximum atomic E-state index is 11.0. The van der Waals surface area contributed by atoms with Gasteiger partial charge in [-0.2, -0.15) is 0 Å². The molecular formula is C11H6Br2ClN3O2. The first-order chi connectivity index (χ1) is 8.97. The first-order valence-corrected chi connectivity index (χ1v) is 6.96. The second-order valence-corrected chi connectivity index (χ2v) is 5.71. The van der Waals surface area contributed by atoms with Crippen molar-refractivity contribution in [2.45, 2.75) is 0 Å². The van der Waals surface area contributed by atoms with Crippen LogP contribution < -0.4 is 5.32 Å². The largest absolute Gasteiger partial charge is 0.334 e. The highest BCUT2D eigenvalue weighted by Crippen LogP contribution is 2.31. The number of hydrogen-bond donors (Lipinski definition) is 1.